The first-order valence-electron chi connectivity index (χ1n) is 7.40. The van der Waals surface area contributed by atoms with Crippen molar-refractivity contribution in [2.45, 2.75) is 94.7 Å². The Kier molecular flexibility index (Phi) is 7.77. The molecule has 0 aromatic carbocycles. The van der Waals surface area contributed by atoms with Crippen LogP contribution in [0.3, 0.4) is 0 Å². The monoisotopic (exact) mass is 288 g/mol. The van der Waals surface area contributed by atoms with E-state index in [1.165, 1.54) is 83.5 Å². The maximum atomic E-state index is 3.92. The maximum Gasteiger partial charge on any atom is 0.0229 e. The molecule has 0 unspecified atom stereocenters. The Labute approximate surface area is 111 Å². The van der Waals surface area contributed by atoms with Gasteiger partial charge in [-0.25, -0.2) is 0 Å². The summed E-state index contributed by atoms with van der Waals surface area (Å²) in [7, 11) is 0. The molecule has 16 heavy (non-hydrogen) atoms. The minimum Gasteiger partial charge on any atom is -0.0856 e. The molecule has 0 aliphatic heterocycles. The molecule has 0 spiro atoms. The molecule has 1 saturated carbocycles. The van der Waals surface area contributed by atoms with E-state index in [2.05, 4.69) is 22.9 Å². The Bertz CT molecular complexity index is 147. The van der Waals surface area contributed by atoms with E-state index in [9.17, 15) is 0 Å². The molecule has 0 aromatic heterocycles. The van der Waals surface area contributed by atoms with E-state index in [0.717, 1.165) is 0 Å². The van der Waals surface area contributed by atoms with Gasteiger partial charge in [0.15, 0.2) is 0 Å². The van der Waals surface area contributed by atoms with E-state index in [-0.39, 0.29) is 0 Å². The first-order valence-corrected chi connectivity index (χ1v) is 8.19. The van der Waals surface area contributed by atoms with E-state index in [1.54, 1.807) is 0 Å². The van der Waals surface area contributed by atoms with Crippen molar-refractivity contribution < 1.29 is 0 Å². The van der Waals surface area contributed by atoms with Crippen LogP contribution in [0.5, 0.6) is 0 Å². The molecule has 1 fully saturated rings. The van der Waals surface area contributed by atoms with Crippen molar-refractivity contribution in [2.24, 2.45) is 0 Å². The number of hydrogen-bond acceptors (Lipinski definition) is 0. The number of alkyl halides is 1. The van der Waals surface area contributed by atoms with E-state index in [1.807, 2.05) is 0 Å². The Morgan fingerprint density at radius 1 is 0.562 bits per heavy atom. The summed E-state index contributed by atoms with van der Waals surface area (Å²) in [6.07, 6.45) is 18.8. The molecule has 1 rings (SSSR count). The Balaban J connectivity index is 2.22. The van der Waals surface area contributed by atoms with Gasteiger partial charge in [0.1, 0.15) is 0 Å². The molecule has 0 amide bonds. The second-order valence-electron chi connectivity index (χ2n) is 5.80. The minimum atomic E-state index is 0.428. The van der Waals surface area contributed by atoms with E-state index < -0.39 is 0 Å². The van der Waals surface area contributed by atoms with E-state index in [0.29, 0.717) is 4.32 Å². The van der Waals surface area contributed by atoms with Crippen LogP contribution in [0.1, 0.15) is 90.4 Å². The third-order valence-corrected chi connectivity index (χ3v) is 4.69. The maximum absolute atomic E-state index is 3.92. The van der Waals surface area contributed by atoms with Gasteiger partial charge in [-0.15, -0.1) is 0 Å². The van der Waals surface area contributed by atoms with Gasteiger partial charge in [0.2, 0.25) is 0 Å². The van der Waals surface area contributed by atoms with E-state index in [4.69, 9.17) is 0 Å². The van der Waals surface area contributed by atoms with Gasteiger partial charge in [0.05, 0.1) is 0 Å². The van der Waals surface area contributed by atoms with Crippen LogP contribution >= 0.6 is 15.9 Å². The molecule has 0 saturated heterocycles. The standard InChI is InChI=1S/C15H29Br/c1-15(16)13-11-9-7-5-3-2-4-6-8-10-12-14-15/h2-14H2,1H3. The molecule has 1 aliphatic rings. The number of hydrogen-bond donors (Lipinski definition) is 0. The lowest BCUT2D eigenvalue weighted by Crippen LogP contribution is -2.15. The van der Waals surface area contributed by atoms with Crippen molar-refractivity contribution in [3.8, 4) is 0 Å². The minimum absolute atomic E-state index is 0.428. The zero-order valence-corrected chi connectivity index (χ0v) is 12.7. The normalized spacial score (nSPS) is 25.9. The van der Waals surface area contributed by atoms with Crippen LogP contribution in [-0.2, 0) is 0 Å². The zero-order chi connectivity index (χ0) is 11.7. The predicted octanol–water partition coefficient (Wildman–Crippen LogP) is 6.22. The molecular weight excluding hydrogens is 260 g/mol. The van der Waals surface area contributed by atoms with Gasteiger partial charge in [0.25, 0.3) is 0 Å². The van der Waals surface area contributed by atoms with Crippen LogP contribution < -0.4 is 0 Å². The fraction of sp³-hybridized carbons (Fsp3) is 1.00. The highest BCUT2D eigenvalue weighted by Crippen LogP contribution is 2.31. The molecule has 96 valence electrons. The summed E-state index contributed by atoms with van der Waals surface area (Å²) in [5, 5.41) is 0. The summed E-state index contributed by atoms with van der Waals surface area (Å²) in [5.74, 6) is 0. The smallest absolute Gasteiger partial charge is 0.0229 e. The highest BCUT2D eigenvalue weighted by molar-refractivity contribution is 9.10. The molecule has 0 heterocycles. The Morgan fingerprint density at radius 2 is 0.812 bits per heavy atom. The average Bonchev–Trinajstić information content (AvgIpc) is 2.24. The number of rotatable bonds is 0. The second-order valence-corrected chi connectivity index (χ2v) is 7.72. The Hall–Kier alpha value is 0.480. The van der Waals surface area contributed by atoms with Crippen molar-refractivity contribution in [2.75, 3.05) is 0 Å². The second kappa shape index (κ2) is 8.55. The third-order valence-electron chi connectivity index (χ3n) is 3.90. The number of halogens is 1. The lowest BCUT2D eigenvalue weighted by atomic mass is 9.94. The molecule has 1 aliphatic carbocycles. The summed E-state index contributed by atoms with van der Waals surface area (Å²) in [4.78, 5) is 0. The molecule has 0 aromatic rings. The first-order chi connectivity index (χ1) is 7.71. The van der Waals surface area contributed by atoms with Crippen LogP contribution in [0.25, 0.3) is 0 Å². The van der Waals surface area contributed by atoms with Crippen molar-refractivity contribution in [3.63, 3.8) is 0 Å². The lowest BCUT2D eigenvalue weighted by molar-refractivity contribution is 0.460. The Morgan fingerprint density at radius 3 is 1.12 bits per heavy atom. The quantitative estimate of drug-likeness (QED) is 0.464. The lowest BCUT2D eigenvalue weighted by Gasteiger charge is -2.22. The molecular formula is C15H29Br. The zero-order valence-electron chi connectivity index (χ0n) is 11.1. The third kappa shape index (κ3) is 7.70. The average molecular weight is 289 g/mol. The van der Waals surface area contributed by atoms with Gasteiger partial charge in [-0.1, -0.05) is 86.6 Å². The highest BCUT2D eigenvalue weighted by Gasteiger charge is 2.18. The first kappa shape index (κ1) is 14.5. The molecule has 0 N–H and O–H groups in total. The van der Waals surface area contributed by atoms with Gasteiger partial charge in [-0.3, -0.25) is 0 Å². The SMILES string of the molecule is CC1(Br)CCCCCCCCCCCCC1. The van der Waals surface area contributed by atoms with Crippen LogP contribution in [0.2, 0.25) is 0 Å². The summed E-state index contributed by atoms with van der Waals surface area (Å²) < 4.78 is 0.428. The summed E-state index contributed by atoms with van der Waals surface area (Å²) in [5.41, 5.74) is 0. The summed E-state index contributed by atoms with van der Waals surface area (Å²) >= 11 is 3.92. The van der Waals surface area contributed by atoms with Crippen molar-refractivity contribution in [3.05, 3.63) is 0 Å². The molecule has 0 radical (unpaired) electrons. The van der Waals surface area contributed by atoms with Gasteiger partial charge in [0, 0.05) is 4.32 Å². The van der Waals surface area contributed by atoms with Crippen molar-refractivity contribution in [1.29, 1.82) is 0 Å². The van der Waals surface area contributed by atoms with Crippen LogP contribution in [0, 0.1) is 0 Å². The van der Waals surface area contributed by atoms with Crippen LogP contribution in [-0.4, -0.2) is 4.32 Å². The van der Waals surface area contributed by atoms with Crippen LogP contribution in [0.15, 0.2) is 0 Å². The molecule has 1 heteroatoms. The van der Waals surface area contributed by atoms with Gasteiger partial charge < -0.3 is 0 Å². The van der Waals surface area contributed by atoms with Gasteiger partial charge in [-0.05, 0) is 19.8 Å². The van der Waals surface area contributed by atoms with Gasteiger partial charge in [-0.2, -0.15) is 0 Å². The highest BCUT2D eigenvalue weighted by atomic mass is 79.9. The summed E-state index contributed by atoms with van der Waals surface area (Å²) in [6, 6.07) is 0. The largest absolute Gasteiger partial charge is 0.0856 e. The van der Waals surface area contributed by atoms with Crippen molar-refractivity contribution >= 4 is 15.9 Å². The topological polar surface area (TPSA) is 0 Å². The van der Waals surface area contributed by atoms with Crippen LogP contribution in [0.4, 0.5) is 0 Å². The fourth-order valence-electron chi connectivity index (χ4n) is 2.70. The molecule has 0 nitrogen and oxygen atoms in total. The molecule has 0 atom stereocenters. The predicted molar refractivity (Wildman–Crippen MR) is 77.4 cm³/mol. The fourth-order valence-corrected chi connectivity index (χ4v) is 3.26. The van der Waals surface area contributed by atoms with Crippen molar-refractivity contribution in [1.82, 2.24) is 0 Å². The van der Waals surface area contributed by atoms with E-state index >= 15 is 0 Å². The van der Waals surface area contributed by atoms with Gasteiger partial charge >= 0.3 is 0 Å². The summed E-state index contributed by atoms with van der Waals surface area (Å²) in [6.45, 7) is 2.39. The molecule has 0 bridgehead atoms.